The molecule has 8 heteroatoms. The normalized spacial score (nSPS) is 17.9. The highest BCUT2D eigenvalue weighted by Crippen LogP contribution is 2.36. The number of ether oxygens (including phenoxy) is 1. The van der Waals surface area contributed by atoms with Crippen molar-refractivity contribution in [3.05, 3.63) is 83.9 Å². The maximum atomic E-state index is 13.6. The molecule has 1 fully saturated rings. The van der Waals surface area contributed by atoms with Crippen LogP contribution in [0.5, 0.6) is 5.75 Å². The van der Waals surface area contributed by atoms with Gasteiger partial charge in [0.25, 0.3) is 15.9 Å². The van der Waals surface area contributed by atoms with Crippen LogP contribution < -0.4 is 13.9 Å². The summed E-state index contributed by atoms with van der Waals surface area (Å²) in [5.74, 6) is 0.652. The van der Waals surface area contributed by atoms with Crippen LogP contribution in [-0.4, -0.2) is 58.6 Å². The lowest BCUT2D eigenvalue weighted by Gasteiger charge is -2.36. The fourth-order valence-corrected chi connectivity index (χ4v) is 6.77. The fraction of sp³-hybridized carbons (Fsp3) is 0.296. The van der Waals surface area contributed by atoms with Crippen molar-refractivity contribution in [2.24, 2.45) is 0 Å². The van der Waals surface area contributed by atoms with Gasteiger partial charge in [-0.3, -0.25) is 9.10 Å². The molecule has 1 amide bonds. The predicted octanol–water partition coefficient (Wildman–Crippen LogP) is 3.80. The minimum Gasteiger partial charge on any atom is -0.495 e. The Balaban J connectivity index is 1.34. The Morgan fingerprint density at radius 1 is 0.886 bits per heavy atom. The molecule has 35 heavy (non-hydrogen) atoms. The summed E-state index contributed by atoms with van der Waals surface area (Å²) in [6.45, 7) is 4.35. The van der Waals surface area contributed by atoms with Crippen LogP contribution >= 0.6 is 0 Å². The monoisotopic (exact) mass is 491 g/mol. The van der Waals surface area contributed by atoms with Gasteiger partial charge in [0.05, 0.1) is 23.4 Å². The van der Waals surface area contributed by atoms with Gasteiger partial charge >= 0.3 is 0 Å². The number of fused-ring (bicyclic) bond motifs is 1. The number of rotatable bonds is 5. The Morgan fingerprint density at radius 3 is 2.31 bits per heavy atom. The van der Waals surface area contributed by atoms with Gasteiger partial charge in [-0.2, -0.15) is 0 Å². The molecule has 0 bridgehead atoms. The third-order valence-electron chi connectivity index (χ3n) is 6.78. The van der Waals surface area contributed by atoms with Crippen LogP contribution in [0.25, 0.3) is 0 Å². The molecule has 7 nitrogen and oxygen atoms in total. The summed E-state index contributed by atoms with van der Waals surface area (Å²) in [6.07, 6.45) is 0.671. The molecule has 182 valence electrons. The largest absolute Gasteiger partial charge is 0.495 e. The van der Waals surface area contributed by atoms with Crippen molar-refractivity contribution in [3.63, 3.8) is 0 Å². The van der Waals surface area contributed by atoms with Crippen molar-refractivity contribution in [1.82, 2.24) is 4.90 Å². The van der Waals surface area contributed by atoms with Gasteiger partial charge in [-0.15, -0.1) is 0 Å². The maximum absolute atomic E-state index is 13.6. The minimum atomic E-state index is -3.80. The smallest absolute Gasteiger partial charge is 0.264 e. The summed E-state index contributed by atoms with van der Waals surface area (Å²) >= 11 is 0. The highest BCUT2D eigenvalue weighted by molar-refractivity contribution is 7.92. The second-order valence-corrected chi connectivity index (χ2v) is 10.8. The first-order chi connectivity index (χ1) is 16.9. The molecule has 0 aromatic heterocycles. The standard InChI is InChI=1S/C27H29N3O4S/c1-20-18-21-8-3-4-11-24(21)30(20)35(32,33)23-10-7-9-22(19-23)27(31)29-16-14-28(15-17-29)25-12-5-6-13-26(25)34-2/h3-13,19-20H,14-18H2,1-2H3. The molecule has 3 aromatic carbocycles. The van der Waals surface area contributed by atoms with Crippen molar-refractivity contribution in [2.45, 2.75) is 24.3 Å². The maximum Gasteiger partial charge on any atom is 0.264 e. The molecular weight excluding hydrogens is 462 g/mol. The Kier molecular flexibility index (Phi) is 6.15. The van der Waals surface area contributed by atoms with E-state index in [-0.39, 0.29) is 16.8 Å². The Morgan fingerprint density at radius 2 is 1.57 bits per heavy atom. The Bertz CT molecular complexity index is 1350. The van der Waals surface area contributed by atoms with Crippen molar-refractivity contribution in [3.8, 4) is 5.75 Å². The third-order valence-corrected chi connectivity index (χ3v) is 8.70. The summed E-state index contributed by atoms with van der Waals surface area (Å²) in [7, 11) is -2.15. The molecule has 0 saturated carbocycles. The van der Waals surface area contributed by atoms with E-state index in [9.17, 15) is 13.2 Å². The van der Waals surface area contributed by atoms with Crippen LogP contribution in [0.1, 0.15) is 22.8 Å². The van der Waals surface area contributed by atoms with Gasteiger partial charge < -0.3 is 14.5 Å². The fourth-order valence-electron chi connectivity index (χ4n) is 5.03. The zero-order valence-electron chi connectivity index (χ0n) is 19.9. The number of anilines is 2. The van der Waals surface area contributed by atoms with Gasteiger partial charge in [-0.25, -0.2) is 8.42 Å². The number of benzene rings is 3. The molecule has 1 saturated heterocycles. The summed E-state index contributed by atoms with van der Waals surface area (Å²) < 4.78 is 34.2. The van der Waals surface area contributed by atoms with Crippen LogP contribution in [-0.2, 0) is 16.4 Å². The van der Waals surface area contributed by atoms with Crippen LogP contribution in [0.2, 0.25) is 0 Å². The summed E-state index contributed by atoms with van der Waals surface area (Å²) in [4.78, 5) is 17.4. The first-order valence-corrected chi connectivity index (χ1v) is 13.2. The summed E-state index contributed by atoms with van der Waals surface area (Å²) in [5, 5.41) is 0. The van der Waals surface area contributed by atoms with Crippen molar-refractivity contribution in [1.29, 1.82) is 0 Å². The zero-order chi connectivity index (χ0) is 24.6. The SMILES string of the molecule is COc1ccccc1N1CCN(C(=O)c2cccc(S(=O)(=O)N3c4ccccc4CC3C)c2)CC1. The number of piperazine rings is 1. The van der Waals surface area contributed by atoms with Crippen LogP contribution in [0, 0.1) is 0 Å². The number of carbonyl (C=O) groups is 1. The second kappa shape index (κ2) is 9.26. The van der Waals surface area contributed by atoms with E-state index in [2.05, 4.69) is 4.90 Å². The molecular formula is C27H29N3O4S. The second-order valence-electron chi connectivity index (χ2n) is 8.96. The van der Waals surface area contributed by atoms with Crippen LogP contribution in [0.15, 0.2) is 77.7 Å². The first kappa shape index (κ1) is 23.2. The topological polar surface area (TPSA) is 70.2 Å². The average Bonchev–Trinajstić information content (AvgIpc) is 3.24. The van der Waals surface area contributed by atoms with Gasteiger partial charge in [0.2, 0.25) is 0 Å². The third kappa shape index (κ3) is 4.23. The van der Waals surface area contributed by atoms with E-state index in [0.717, 1.165) is 17.0 Å². The minimum absolute atomic E-state index is 0.138. The molecule has 3 aromatic rings. The van der Waals surface area contributed by atoms with Crippen molar-refractivity contribution < 1.29 is 17.9 Å². The number of sulfonamides is 1. The number of amides is 1. The lowest BCUT2D eigenvalue weighted by molar-refractivity contribution is 0.0746. The van der Waals surface area contributed by atoms with E-state index in [1.54, 1.807) is 30.2 Å². The number of hydrogen-bond acceptors (Lipinski definition) is 5. The van der Waals surface area contributed by atoms with E-state index >= 15 is 0 Å². The summed E-state index contributed by atoms with van der Waals surface area (Å²) in [5.41, 5.74) is 3.13. The van der Waals surface area contributed by atoms with Crippen LogP contribution in [0.4, 0.5) is 11.4 Å². The van der Waals surface area contributed by atoms with Gasteiger partial charge in [0.15, 0.2) is 0 Å². The lowest BCUT2D eigenvalue weighted by atomic mass is 10.1. The number of nitrogens with zero attached hydrogens (tertiary/aromatic N) is 3. The Labute approximate surface area is 206 Å². The quantitative estimate of drug-likeness (QED) is 0.543. The molecule has 2 aliphatic heterocycles. The molecule has 5 rings (SSSR count). The molecule has 1 atom stereocenters. The Hall–Kier alpha value is -3.52. The van der Waals surface area contributed by atoms with Crippen molar-refractivity contribution in [2.75, 3.05) is 42.5 Å². The molecule has 0 radical (unpaired) electrons. The number of carbonyl (C=O) groups excluding carboxylic acids is 1. The highest BCUT2D eigenvalue weighted by Gasteiger charge is 2.36. The van der Waals surface area contributed by atoms with E-state index in [4.69, 9.17) is 4.74 Å². The first-order valence-electron chi connectivity index (χ1n) is 11.8. The van der Waals surface area contributed by atoms with E-state index in [1.165, 1.54) is 10.4 Å². The molecule has 0 spiro atoms. The average molecular weight is 492 g/mol. The summed E-state index contributed by atoms with van der Waals surface area (Å²) in [6, 6.07) is 21.7. The van der Waals surface area contributed by atoms with Crippen molar-refractivity contribution >= 4 is 27.3 Å². The zero-order valence-corrected chi connectivity index (χ0v) is 20.7. The van der Waals surface area contributed by atoms with Gasteiger partial charge in [-0.1, -0.05) is 36.4 Å². The molecule has 0 aliphatic carbocycles. The van der Waals surface area contributed by atoms with E-state index < -0.39 is 10.0 Å². The van der Waals surface area contributed by atoms with Gasteiger partial charge in [0, 0.05) is 37.8 Å². The van der Waals surface area contributed by atoms with Gasteiger partial charge in [-0.05, 0) is 55.3 Å². The van der Waals surface area contributed by atoms with E-state index in [0.29, 0.717) is 43.9 Å². The lowest BCUT2D eigenvalue weighted by Crippen LogP contribution is -2.48. The molecule has 0 N–H and O–H groups in total. The highest BCUT2D eigenvalue weighted by atomic mass is 32.2. The number of para-hydroxylation sites is 3. The van der Waals surface area contributed by atoms with Gasteiger partial charge in [0.1, 0.15) is 5.75 Å². The van der Waals surface area contributed by atoms with Crippen LogP contribution in [0.3, 0.4) is 0 Å². The number of hydrogen-bond donors (Lipinski definition) is 0. The molecule has 1 unspecified atom stereocenters. The molecule has 2 aliphatic rings. The molecule has 2 heterocycles. The predicted molar refractivity (Wildman–Crippen MR) is 137 cm³/mol. The van der Waals surface area contributed by atoms with E-state index in [1.807, 2.05) is 55.5 Å². The number of methoxy groups -OCH3 is 1.